The Hall–Kier alpha value is -4.28. The van der Waals surface area contributed by atoms with Crippen molar-refractivity contribution in [3.63, 3.8) is 0 Å². The molecule has 4 aromatic rings. The predicted octanol–water partition coefficient (Wildman–Crippen LogP) is 5.04. The summed E-state index contributed by atoms with van der Waals surface area (Å²) < 4.78 is 23.7. The molecular formula is C27H19N3O3S. The Balaban J connectivity index is 1.67. The molecule has 0 aliphatic carbocycles. The minimum absolute atomic E-state index is 0.176. The van der Waals surface area contributed by atoms with Crippen LogP contribution in [0, 0.1) is 18.3 Å². The van der Waals surface area contributed by atoms with Crippen LogP contribution in [0.1, 0.15) is 22.4 Å². The fraction of sp³-hybridized carbons (Fsp3) is 0.0741. The Morgan fingerprint density at radius 1 is 1.00 bits per heavy atom. The number of carbonyl (C=O) groups excluding carboxylic acids is 1. The van der Waals surface area contributed by atoms with E-state index in [4.69, 9.17) is 0 Å². The number of nitriles is 1. The molecule has 1 aliphatic rings. The molecule has 0 fully saturated rings. The molecule has 6 nitrogen and oxygen atoms in total. The maximum absolute atomic E-state index is 13.7. The molecule has 166 valence electrons. The van der Waals surface area contributed by atoms with Gasteiger partial charge in [0.15, 0.2) is 9.84 Å². The number of rotatable bonds is 3. The third-order valence-corrected chi connectivity index (χ3v) is 6.99. The van der Waals surface area contributed by atoms with Crippen LogP contribution in [0.5, 0.6) is 0 Å². The minimum atomic E-state index is -3.36. The fourth-order valence-corrected chi connectivity index (χ4v) is 4.74. The van der Waals surface area contributed by atoms with E-state index in [0.29, 0.717) is 33.8 Å². The van der Waals surface area contributed by atoms with Gasteiger partial charge in [0, 0.05) is 22.9 Å². The standard InChI is InChI=1S/C27H19N3O3S/c1-17-13-26-23(14-19(17)16-28)24(15-20-8-7-18-5-3-4-6-25(18)29-20)27(31)30(26)21-9-11-22(12-10-21)34(2,32)33/h3-15H,1-2H3. The summed E-state index contributed by atoms with van der Waals surface area (Å²) in [6.07, 6.45) is 2.87. The molecule has 1 aromatic heterocycles. The van der Waals surface area contributed by atoms with Gasteiger partial charge in [0.05, 0.1) is 39.0 Å². The highest BCUT2D eigenvalue weighted by Gasteiger charge is 2.34. The topological polar surface area (TPSA) is 91.1 Å². The van der Waals surface area contributed by atoms with Gasteiger partial charge in [-0.3, -0.25) is 9.69 Å². The van der Waals surface area contributed by atoms with E-state index in [1.807, 2.05) is 49.4 Å². The first-order valence-corrected chi connectivity index (χ1v) is 12.4. The molecule has 0 spiro atoms. The third kappa shape index (κ3) is 3.64. The van der Waals surface area contributed by atoms with E-state index in [9.17, 15) is 18.5 Å². The number of fused-ring (bicyclic) bond motifs is 2. The molecule has 3 aromatic carbocycles. The van der Waals surface area contributed by atoms with Gasteiger partial charge >= 0.3 is 0 Å². The first-order chi connectivity index (χ1) is 16.3. The number of benzene rings is 3. The number of sulfone groups is 1. The van der Waals surface area contributed by atoms with E-state index >= 15 is 0 Å². The smallest absolute Gasteiger partial charge is 0.263 e. The summed E-state index contributed by atoms with van der Waals surface area (Å²) in [4.78, 5) is 20.0. The molecular weight excluding hydrogens is 446 g/mol. The van der Waals surface area contributed by atoms with Crippen LogP contribution >= 0.6 is 0 Å². The fourth-order valence-electron chi connectivity index (χ4n) is 4.11. The molecule has 7 heteroatoms. The highest BCUT2D eigenvalue weighted by Crippen LogP contribution is 2.43. The number of carbonyl (C=O) groups is 1. The quantitative estimate of drug-likeness (QED) is 0.396. The molecule has 34 heavy (non-hydrogen) atoms. The van der Waals surface area contributed by atoms with Crippen molar-refractivity contribution in [2.24, 2.45) is 0 Å². The third-order valence-electron chi connectivity index (χ3n) is 5.86. The molecule has 0 radical (unpaired) electrons. The van der Waals surface area contributed by atoms with E-state index in [2.05, 4.69) is 11.1 Å². The molecule has 0 bridgehead atoms. The SMILES string of the molecule is Cc1cc2c(cc1C#N)C(=Cc1ccc3ccccc3n1)C(=O)N2c1ccc(S(C)(=O)=O)cc1. The van der Waals surface area contributed by atoms with Gasteiger partial charge in [-0.05, 0) is 67.1 Å². The van der Waals surface area contributed by atoms with Crippen molar-refractivity contribution >= 4 is 49.7 Å². The summed E-state index contributed by atoms with van der Waals surface area (Å²) in [5.41, 5.74) is 4.91. The highest BCUT2D eigenvalue weighted by atomic mass is 32.2. The van der Waals surface area contributed by atoms with Crippen LogP contribution in [0.4, 0.5) is 11.4 Å². The Kier molecular flexibility index (Phi) is 5.03. The highest BCUT2D eigenvalue weighted by molar-refractivity contribution is 7.90. The summed E-state index contributed by atoms with van der Waals surface area (Å²) in [7, 11) is -3.36. The predicted molar refractivity (Wildman–Crippen MR) is 132 cm³/mol. The molecule has 1 aliphatic heterocycles. The first-order valence-electron chi connectivity index (χ1n) is 10.5. The maximum atomic E-state index is 13.7. The number of hydrogen-bond acceptors (Lipinski definition) is 5. The number of aryl methyl sites for hydroxylation is 1. The molecule has 0 saturated carbocycles. The van der Waals surface area contributed by atoms with Crippen LogP contribution in [-0.4, -0.2) is 25.6 Å². The monoisotopic (exact) mass is 465 g/mol. The van der Waals surface area contributed by atoms with E-state index in [1.54, 1.807) is 29.2 Å². The second kappa shape index (κ2) is 7.94. The van der Waals surface area contributed by atoms with Gasteiger partial charge in [0.2, 0.25) is 0 Å². The minimum Gasteiger partial charge on any atom is -0.276 e. The molecule has 0 atom stereocenters. The van der Waals surface area contributed by atoms with Crippen molar-refractivity contribution in [3.8, 4) is 6.07 Å². The summed E-state index contributed by atoms with van der Waals surface area (Å²) >= 11 is 0. The summed E-state index contributed by atoms with van der Waals surface area (Å²) in [5.74, 6) is -0.272. The molecule has 5 rings (SSSR count). The van der Waals surface area contributed by atoms with Crippen LogP contribution < -0.4 is 4.90 Å². The maximum Gasteiger partial charge on any atom is 0.263 e. The van der Waals surface area contributed by atoms with Crippen molar-refractivity contribution < 1.29 is 13.2 Å². The van der Waals surface area contributed by atoms with Crippen molar-refractivity contribution in [3.05, 3.63) is 95.2 Å². The number of aromatic nitrogens is 1. The van der Waals surface area contributed by atoms with Gasteiger partial charge in [-0.25, -0.2) is 13.4 Å². The van der Waals surface area contributed by atoms with Gasteiger partial charge in [-0.15, -0.1) is 0 Å². The molecule has 2 heterocycles. The first kappa shape index (κ1) is 21.6. The van der Waals surface area contributed by atoms with Crippen LogP contribution in [0.25, 0.3) is 22.6 Å². The van der Waals surface area contributed by atoms with Crippen molar-refractivity contribution in [2.75, 3.05) is 11.2 Å². The Morgan fingerprint density at radius 3 is 2.44 bits per heavy atom. The second-order valence-corrected chi connectivity index (χ2v) is 10.2. The normalized spacial score (nSPS) is 14.4. The lowest BCUT2D eigenvalue weighted by Crippen LogP contribution is -2.20. The number of nitrogens with zero attached hydrogens (tertiary/aromatic N) is 3. The van der Waals surface area contributed by atoms with Crippen LogP contribution in [-0.2, 0) is 14.6 Å². The number of anilines is 2. The lowest BCUT2D eigenvalue weighted by atomic mass is 10.00. The Bertz CT molecular complexity index is 1660. The van der Waals surface area contributed by atoms with Gasteiger partial charge in [0.25, 0.3) is 5.91 Å². The van der Waals surface area contributed by atoms with Crippen LogP contribution in [0.2, 0.25) is 0 Å². The van der Waals surface area contributed by atoms with Crippen LogP contribution in [0.3, 0.4) is 0 Å². The number of amides is 1. The lowest BCUT2D eigenvalue weighted by Gasteiger charge is -2.18. The van der Waals surface area contributed by atoms with E-state index in [1.165, 1.54) is 12.1 Å². The van der Waals surface area contributed by atoms with Gasteiger partial charge in [0.1, 0.15) is 0 Å². The zero-order valence-electron chi connectivity index (χ0n) is 18.5. The number of pyridine rings is 1. The average Bonchev–Trinajstić information content (AvgIpc) is 3.08. The van der Waals surface area contributed by atoms with Crippen molar-refractivity contribution in [2.45, 2.75) is 11.8 Å². The summed E-state index contributed by atoms with van der Waals surface area (Å²) in [6, 6.07) is 23.5. The van der Waals surface area contributed by atoms with Crippen molar-refractivity contribution in [1.29, 1.82) is 5.26 Å². The molecule has 1 amide bonds. The van der Waals surface area contributed by atoms with E-state index in [0.717, 1.165) is 22.7 Å². The Labute approximate surface area is 197 Å². The largest absolute Gasteiger partial charge is 0.276 e. The van der Waals surface area contributed by atoms with E-state index < -0.39 is 9.84 Å². The number of hydrogen-bond donors (Lipinski definition) is 0. The average molecular weight is 466 g/mol. The molecule has 0 unspecified atom stereocenters. The van der Waals surface area contributed by atoms with Crippen molar-refractivity contribution in [1.82, 2.24) is 4.98 Å². The second-order valence-electron chi connectivity index (χ2n) is 8.19. The van der Waals surface area contributed by atoms with E-state index in [-0.39, 0.29) is 10.8 Å². The molecule has 0 N–H and O–H groups in total. The van der Waals surface area contributed by atoms with Gasteiger partial charge in [-0.2, -0.15) is 5.26 Å². The summed E-state index contributed by atoms with van der Waals surface area (Å²) in [5, 5.41) is 10.6. The van der Waals surface area contributed by atoms with Crippen LogP contribution in [0.15, 0.2) is 77.7 Å². The van der Waals surface area contributed by atoms with Gasteiger partial charge < -0.3 is 0 Å². The number of para-hydroxylation sites is 1. The van der Waals surface area contributed by atoms with Gasteiger partial charge in [-0.1, -0.05) is 24.3 Å². The summed E-state index contributed by atoms with van der Waals surface area (Å²) in [6.45, 7) is 1.82. The Morgan fingerprint density at radius 2 is 1.74 bits per heavy atom. The zero-order valence-corrected chi connectivity index (χ0v) is 19.3. The molecule has 0 saturated heterocycles. The zero-order chi connectivity index (χ0) is 24.0. The lowest BCUT2D eigenvalue weighted by molar-refractivity contribution is -0.112.